The van der Waals surface area contributed by atoms with Crippen LogP contribution >= 0.6 is 0 Å². The summed E-state index contributed by atoms with van der Waals surface area (Å²) in [4.78, 5) is 11.4. The van der Waals surface area contributed by atoms with E-state index in [1.807, 2.05) is 0 Å². The first-order valence-electron chi connectivity index (χ1n) is 5.01. The standard InChI is InChI=1S/C11H16FNO3/c1-11(2,3)16-10(14)13-8(7-12)9-5-4-6-15-9/h4-6,8H,7H2,1-3H3,(H,13,14). The lowest BCUT2D eigenvalue weighted by atomic mass is 10.2. The van der Waals surface area contributed by atoms with Crippen LogP contribution in [0.15, 0.2) is 22.8 Å². The molecule has 0 aromatic carbocycles. The van der Waals surface area contributed by atoms with Crippen molar-refractivity contribution < 1.29 is 18.3 Å². The topological polar surface area (TPSA) is 51.5 Å². The zero-order valence-electron chi connectivity index (χ0n) is 9.62. The van der Waals surface area contributed by atoms with Gasteiger partial charge < -0.3 is 14.5 Å². The highest BCUT2D eigenvalue weighted by Crippen LogP contribution is 2.15. The molecule has 1 N–H and O–H groups in total. The second-order valence-corrected chi connectivity index (χ2v) is 4.37. The van der Waals surface area contributed by atoms with E-state index in [1.54, 1.807) is 32.9 Å². The molecule has 0 saturated heterocycles. The summed E-state index contributed by atoms with van der Waals surface area (Å²) < 4.78 is 22.7. The summed E-state index contributed by atoms with van der Waals surface area (Å²) in [6, 6.07) is 2.43. The number of hydrogen-bond donors (Lipinski definition) is 1. The van der Waals surface area contributed by atoms with Crippen molar-refractivity contribution in [3.05, 3.63) is 24.2 Å². The van der Waals surface area contributed by atoms with Crippen molar-refractivity contribution in [1.29, 1.82) is 0 Å². The average Bonchev–Trinajstić information content (AvgIpc) is 2.63. The molecule has 0 spiro atoms. The number of carbonyl (C=O) groups is 1. The van der Waals surface area contributed by atoms with Gasteiger partial charge in [-0.2, -0.15) is 0 Å². The predicted octanol–water partition coefficient (Wildman–Crippen LogP) is 2.81. The fourth-order valence-corrected chi connectivity index (χ4v) is 1.13. The molecule has 0 saturated carbocycles. The van der Waals surface area contributed by atoms with Crippen LogP contribution in [0.25, 0.3) is 0 Å². The van der Waals surface area contributed by atoms with Gasteiger partial charge in [-0.25, -0.2) is 9.18 Å². The van der Waals surface area contributed by atoms with Crippen molar-refractivity contribution in [2.45, 2.75) is 32.4 Å². The summed E-state index contributed by atoms with van der Waals surface area (Å²) in [5, 5.41) is 2.40. The zero-order chi connectivity index (χ0) is 12.2. The Morgan fingerprint density at radius 1 is 1.62 bits per heavy atom. The molecule has 1 unspecified atom stereocenters. The van der Waals surface area contributed by atoms with Gasteiger partial charge in [-0.1, -0.05) is 0 Å². The maximum Gasteiger partial charge on any atom is 0.408 e. The van der Waals surface area contributed by atoms with Crippen molar-refractivity contribution in [2.75, 3.05) is 6.67 Å². The van der Waals surface area contributed by atoms with Gasteiger partial charge in [-0.3, -0.25) is 0 Å². The van der Waals surface area contributed by atoms with Gasteiger partial charge in [0.25, 0.3) is 0 Å². The third-order valence-corrected chi connectivity index (χ3v) is 1.73. The third-order valence-electron chi connectivity index (χ3n) is 1.73. The first-order valence-corrected chi connectivity index (χ1v) is 5.01. The van der Waals surface area contributed by atoms with Crippen LogP contribution in [0.2, 0.25) is 0 Å². The Morgan fingerprint density at radius 3 is 2.75 bits per heavy atom. The molecule has 0 bridgehead atoms. The van der Waals surface area contributed by atoms with E-state index in [4.69, 9.17) is 9.15 Å². The lowest BCUT2D eigenvalue weighted by molar-refractivity contribution is 0.0488. The van der Waals surface area contributed by atoms with Gasteiger partial charge in [0.2, 0.25) is 0 Å². The number of alkyl carbamates (subject to hydrolysis) is 1. The van der Waals surface area contributed by atoms with E-state index < -0.39 is 24.4 Å². The molecule has 0 radical (unpaired) electrons. The first kappa shape index (κ1) is 12.5. The quantitative estimate of drug-likeness (QED) is 0.867. The number of furan rings is 1. The molecule has 1 rings (SSSR count). The summed E-state index contributed by atoms with van der Waals surface area (Å²) in [5.74, 6) is 0.369. The molecular formula is C11H16FNO3. The SMILES string of the molecule is CC(C)(C)OC(=O)NC(CF)c1ccco1. The maximum absolute atomic E-state index is 12.7. The fraction of sp³-hybridized carbons (Fsp3) is 0.545. The van der Waals surface area contributed by atoms with Crippen LogP contribution in [0, 0.1) is 0 Å². The van der Waals surface area contributed by atoms with Crippen LogP contribution in [0.4, 0.5) is 9.18 Å². The van der Waals surface area contributed by atoms with Crippen LogP contribution in [-0.2, 0) is 4.74 Å². The lowest BCUT2D eigenvalue weighted by Gasteiger charge is -2.21. The molecule has 5 heteroatoms. The monoisotopic (exact) mass is 229 g/mol. The molecule has 1 aromatic rings. The Hall–Kier alpha value is -1.52. The number of nitrogens with one attached hydrogen (secondary N) is 1. The maximum atomic E-state index is 12.7. The average molecular weight is 229 g/mol. The molecule has 1 amide bonds. The van der Waals surface area contributed by atoms with Gasteiger partial charge in [0.1, 0.15) is 24.1 Å². The first-order chi connectivity index (χ1) is 7.42. The highest BCUT2D eigenvalue weighted by molar-refractivity contribution is 5.68. The van der Waals surface area contributed by atoms with Crippen molar-refractivity contribution in [3.8, 4) is 0 Å². The van der Waals surface area contributed by atoms with Gasteiger partial charge in [0.05, 0.1) is 6.26 Å². The summed E-state index contributed by atoms with van der Waals surface area (Å²) in [6.07, 6.45) is 0.765. The molecule has 4 nitrogen and oxygen atoms in total. The molecule has 16 heavy (non-hydrogen) atoms. The molecule has 0 aliphatic heterocycles. The summed E-state index contributed by atoms with van der Waals surface area (Å²) in [6.45, 7) is 4.48. The van der Waals surface area contributed by atoms with E-state index in [2.05, 4.69) is 5.32 Å². The van der Waals surface area contributed by atoms with Crippen LogP contribution < -0.4 is 5.32 Å². The largest absolute Gasteiger partial charge is 0.467 e. The second-order valence-electron chi connectivity index (χ2n) is 4.37. The number of amides is 1. The molecular weight excluding hydrogens is 213 g/mol. The van der Waals surface area contributed by atoms with E-state index in [-0.39, 0.29) is 0 Å². The number of carbonyl (C=O) groups excluding carboxylic acids is 1. The van der Waals surface area contributed by atoms with Gasteiger partial charge in [-0.05, 0) is 32.9 Å². The van der Waals surface area contributed by atoms with E-state index >= 15 is 0 Å². The number of hydrogen-bond acceptors (Lipinski definition) is 3. The van der Waals surface area contributed by atoms with E-state index in [1.165, 1.54) is 6.26 Å². The minimum Gasteiger partial charge on any atom is -0.467 e. The van der Waals surface area contributed by atoms with Gasteiger partial charge >= 0.3 is 6.09 Å². The molecule has 90 valence electrons. The van der Waals surface area contributed by atoms with Crippen LogP contribution in [0.3, 0.4) is 0 Å². The highest BCUT2D eigenvalue weighted by atomic mass is 19.1. The Labute approximate surface area is 93.8 Å². The Kier molecular flexibility index (Phi) is 3.93. The predicted molar refractivity (Wildman–Crippen MR) is 56.8 cm³/mol. The fourth-order valence-electron chi connectivity index (χ4n) is 1.13. The van der Waals surface area contributed by atoms with Gasteiger partial charge in [0, 0.05) is 0 Å². The lowest BCUT2D eigenvalue weighted by Crippen LogP contribution is -2.35. The zero-order valence-corrected chi connectivity index (χ0v) is 9.62. The number of ether oxygens (including phenoxy) is 1. The minimum absolute atomic E-state index is 0.369. The molecule has 1 atom stereocenters. The van der Waals surface area contributed by atoms with E-state index in [9.17, 15) is 9.18 Å². The molecule has 0 fully saturated rings. The second kappa shape index (κ2) is 5.01. The Balaban J connectivity index is 2.55. The van der Waals surface area contributed by atoms with Crippen molar-refractivity contribution in [3.63, 3.8) is 0 Å². The Morgan fingerprint density at radius 2 is 2.31 bits per heavy atom. The van der Waals surface area contributed by atoms with Gasteiger partial charge in [0.15, 0.2) is 0 Å². The summed E-state index contributed by atoms with van der Waals surface area (Å²) in [5.41, 5.74) is -0.603. The van der Waals surface area contributed by atoms with Crippen LogP contribution in [0.5, 0.6) is 0 Å². The van der Waals surface area contributed by atoms with Crippen LogP contribution in [-0.4, -0.2) is 18.4 Å². The summed E-state index contributed by atoms with van der Waals surface area (Å²) in [7, 11) is 0. The van der Waals surface area contributed by atoms with Crippen LogP contribution in [0.1, 0.15) is 32.6 Å². The number of halogens is 1. The highest BCUT2D eigenvalue weighted by Gasteiger charge is 2.21. The molecule has 1 aromatic heterocycles. The van der Waals surface area contributed by atoms with Crippen molar-refractivity contribution >= 4 is 6.09 Å². The van der Waals surface area contributed by atoms with Gasteiger partial charge in [-0.15, -0.1) is 0 Å². The van der Waals surface area contributed by atoms with Crippen molar-refractivity contribution in [2.24, 2.45) is 0 Å². The molecule has 0 aliphatic carbocycles. The normalized spacial score (nSPS) is 13.2. The van der Waals surface area contributed by atoms with E-state index in [0.29, 0.717) is 5.76 Å². The minimum atomic E-state index is -0.801. The number of alkyl halides is 1. The van der Waals surface area contributed by atoms with E-state index in [0.717, 1.165) is 0 Å². The number of rotatable bonds is 3. The third kappa shape index (κ3) is 3.92. The molecule has 0 aliphatic rings. The molecule has 1 heterocycles. The van der Waals surface area contributed by atoms with Crippen molar-refractivity contribution in [1.82, 2.24) is 5.32 Å². The smallest absolute Gasteiger partial charge is 0.408 e. The Bertz CT molecular complexity index is 329. The summed E-state index contributed by atoms with van der Waals surface area (Å²) >= 11 is 0.